The highest BCUT2D eigenvalue weighted by molar-refractivity contribution is 6.05. The average molecular weight is 466 g/mol. The van der Waals surface area contributed by atoms with Crippen molar-refractivity contribution < 1.29 is 33.6 Å². The largest absolute Gasteiger partial charge is 0.493 e. The molecule has 3 aromatic carbocycles. The van der Waals surface area contributed by atoms with E-state index in [2.05, 4.69) is 0 Å². The summed E-state index contributed by atoms with van der Waals surface area (Å²) in [6.07, 6.45) is -1.20. The summed E-state index contributed by atoms with van der Waals surface area (Å²) >= 11 is 0. The fourth-order valence-corrected chi connectivity index (χ4v) is 4.02. The van der Waals surface area contributed by atoms with Crippen molar-refractivity contribution in [1.82, 2.24) is 0 Å². The minimum absolute atomic E-state index is 0.351. The fourth-order valence-electron chi connectivity index (χ4n) is 4.02. The second kappa shape index (κ2) is 9.93. The van der Waals surface area contributed by atoms with Crippen molar-refractivity contribution in [2.75, 3.05) is 33.3 Å². The van der Waals surface area contributed by atoms with Crippen LogP contribution >= 0.6 is 0 Å². The Morgan fingerprint density at radius 2 is 1.44 bits per heavy atom. The second-order valence-electron chi connectivity index (χ2n) is 7.67. The van der Waals surface area contributed by atoms with Crippen LogP contribution < -0.4 is 28.6 Å². The Kier molecular flexibility index (Phi) is 6.79. The van der Waals surface area contributed by atoms with Crippen molar-refractivity contribution in [2.24, 2.45) is 0 Å². The number of aliphatic hydroxyl groups is 1. The maximum Gasteiger partial charge on any atom is 0.259 e. The van der Waals surface area contributed by atoms with Crippen LogP contribution in [0.2, 0.25) is 0 Å². The second-order valence-corrected chi connectivity index (χ2v) is 7.67. The number of carbonyl (C=O) groups excluding carboxylic acids is 1. The van der Waals surface area contributed by atoms with Gasteiger partial charge in [-0.15, -0.1) is 0 Å². The predicted octanol–water partition coefficient (Wildman–Crippen LogP) is 3.75. The van der Waals surface area contributed by atoms with Gasteiger partial charge >= 0.3 is 0 Å². The molecule has 1 aliphatic heterocycles. The first-order valence-electron chi connectivity index (χ1n) is 10.7. The molecule has 3 aromatic rings. The van der Waals surface area contributed by atoms with E-state index in [0.29, 0.717) is 46.6 Å². The molecule has 1 fully saturated rings. The van der Waals surface area contributed by atoms with Crippen LogP contribution in [-0.2, 0) is 11.4 Å². The SMILES string of the molecule is COc1ccc([C@H]2C(O)C(=O)N2c2cc(OC)c(OC)c(OC)c2)cc1OCc1ccccc1. The van der Waals surface area contributed by atoms with E-state index in [4.69, 9.17) is 23.7 Å². The summed E-state index contributed by atoms with van der Waals surface area (Å²) in [5, 5.41) is 10.6. The third-order valence-electron chi connectivity index (χ3n) is 5.76. The number of methoxy groups -OCH3 is 4. The average Bonchev–Trinajstić information content (AvgIpc) is 2.89. The van der Waals surface area contributed by atoms with E-state index in [-0.39, 0.29) is 0 Å². The molecule has 0 aliphatic carbocycles. The molecule has 1 N–H and O–H groups in total. The van der Waals surface area contributed by atoms with Gasteiger partial charge in [0.15, 0.2) is 29.1 Å². The minimum atomic E-state index is -1.20. The summed E-state index contributed by atoms with van der Waals surface area (Å²) in [6.45, 7) is 0.351. The van der Waals surface area contributed by atoms with Crippen molar-refractivity contribution in [3.05, 3.63) is 71.8 Å². The maximum absolute atomic E-state index is 12.7. The van der Waals surface area contributed by atoms with Crippen molar-refractivity contribution in [3.63, 3.8) is 0 Å². The zero-order valence-electron chi connectivity index (χ0n) is 19.5. The first-order chi connectivity index (χ1) is 16.5. The van der Waals surface area contributed by atoms with E-state index in [1.807, 2.05) is 30.3 Å². The summed E-state index contributed by atoms with van der Waals surface area (Å²) in [6, 6.07) is 17.8. The monoisotopic (exact) mass is 465 g/mol. The zero-order chi connectivity index (χ0) is 24.2. The third kappa shape index (κ3) is 4.20. The lowest BCUT2D eigenvalue weighted by Crippen LogP contribution is -2.59. The highest BCUT2D eigenvalue weighted by Crippen LogP contribution is 2.47. The number of β-lactam (4-membered cyclic amide) rings is 1. The van der Waals surface area contributed by atoms with Crippen LogP contribution in [0.3, 0.4) is 0 Å². The summed E-state index contributed by atoms with van der Waals surface area (Å²) in [4.78, 5) is 14.2. The van der Waals surface area contributed by atoms with Crippen molar-refractivity contribution in [1.29, 1.82) is 0 Å². The van der Waals surface area contributed by atoms with Crippen molar-refractivity contribution in [3.8, 4) is 28.7 Å². The first kappa shape index (κ1) is 23.3. The number of rotatable bonds is 9. The van der Waals surface area contributed by atoms with Crippen molar-refractivity contribution >= 4 is 11.6 Å². The molecule has 0 bridgehead atoms. The Labute approximate surface area is 198 Å². The molecule has 178 valence electrons. The topological polar surface area (TPSA) is 86.7 Å². The molecule has 34 heavy (non-hydrogen) atoms. The van der Waals surface area contributed by atoms with Gasteiger partial charge in [0, 0.05) is 12.1 Å². The van der Waals surface area contributed by atoms with Crippen LogP contribution in [0, 0.1) is 0 Å². The molecule has 4 rings (SSSR count). The number of benzene rings is 3. The van der Waals surface area contributed by atoms with E-state index in [9.17, 15) is 9.90 Å². The zero-order valence-corrected chi connectivity index (χ0v) is 19.5. The summed E-state index contributed by atoms with van der Waals surface area (Å²) in [5.41, 5.74) is 2.22. The molecular formula is C26H27NO7. The minimum Gasteiger partial charge on any atom is -0.493 e. The third-order valence-corrected chi connectivity index (χ3v) is 5.76. The van der Waals surface area contributed by atoms with E-state index in [1.165, 1.54) is 26.2 Å². The molecule has 0 spiro atoms. The summed E-state index contributed by atoms with van der Waals surface area (Å²) in [7, 11) is 6.08. The van der Waals surface area contributed by atoms with Gasteiger partial charge in [0.2, 0.25) is 5.75 Å². The number of nitrogens with zero attached hydrogens (tertiary/aromatic N) is 1. The number of aliphatic hydroxyl groups excluding tert-OH is 1. The number of ether oxygens (including phenoxy) is 5. The highest BCUT2D eigenvalue weighted by Gasteiger charge is 2.48. The van der Waals surface area contributed by atoms with Crippen molar-refractivity contribution in [2.45, 2.75) is 18.8 Å². The Hall–Kier alpha value is -3.91. The van der Waals surface area contributed by atoms with Gasteiger partial charge in [0.05, 0.1) is 40.2 Å². The van der Waals surface area contributed by atoms with E-state index in [1.54, 1.807) is 37.4 Å². The smallest absolute Gasteiger partial charge is 0.259 e. The van der Waals surface area contributed by atoms with Gasteiger partial charge in [-0.2, -0.15) is 0 Å². The molecule has 1 saturated heterocycles. The van der Waals surface area contributed by atoms with E-state index >= 15 is 0 Å². The van der Waals surface area contributed by atoms with Gasteiger partial charge < -0.3 is 28.8 Å². The van der Waals surface area contributed by atoms with Gasteiger partial charge in [-0.1, -0.05) is 36.4 Å². The van der Waals surface area contributed by atoms with Crippen LogP contribution in [0.15, 0.2) is 60.7 Å². The van der Waals surface area contributed by atoms with Gasteiger partial charge in [-0.05, 0) is 23.3 Å². The number of amides is 1. The quantitative estimate of drug-likeness (QED) is 0.482. The molecule has 2 atom stereocenters. The van der Waals surface area contributed by atoms with E-state index < -0.39 is 18.1 Å². The first-order valence-corrected chi connectivity index (χ1v) is 10.7. The molecule has 1 amide bonds. The standard InChI is InChI=1S/C26H27NO7/c1-30-19-11-10-17(12-20(19)34-15-16-8-6-5-7-9-16)23-24(28)26(29)27(23)18-13-21(31-2)25(33-4)22(14-18)32-3/h5-14,23-24,28H,15H2,1-4H3/t23-,24?/m0/s1. The molecule has 1 aliphatic rings. The van der Waals surface area contributed by atoms with Gasteiger partial charge in [-0.25, -0.2) is 0 Å². The van der Waals surface area contributed by atoms with Crippen LogP contribution in [0.25, 0.3) is 0 Å². The van der Waals surface area contributed by atoms with Crippen LogP contribution in [-0.4, -0.2) is 45.6 Å². The lowest BCUT2D eigenvalue weighted by Gasteiger charge is -2.45. The molecule has 0 saturated carbocycles. The Balaban J connectivity index is 1.67. The van der Waals surface area contributed by atoms with E-state index in [0.717, 1.165) is 5.56 Å². The lowest BCUT2D eigenvalue weighted by molar-refractivity contribution is -0.137. The molecule has 8 heteroatoms. The number of hydrogen-bond donors (Lipinski definition) is 1. The van der Waals surface area contributed by atoms with Crippen LogP contribution in [0.4, 0.5) is 5.69 Å². The summed E-state index contributed by atoms with van der Waals surface area (Å²) in [5.74, 6) is 1.87. The molecule has 1 unspecified atom stereocenters. The van der Waals surface area contributed by atoms with Gasteiger partial charge in [0.25, 0.3) is 5.91 Å². The summed E-state index contributed by atoms with van der Waals surface area (Å²) < 4.78 is 27.7. The molecular weight excluding hydrogens is 438 g/mol. The Bertz CT molecular complexity index is 1140. The number of hydrogen-bond acceptors (Lipinski definition) is 7. The normalized spacial score (nSPS) is 17.1. The molecule has 0 aromatic heterocycles. The van der Waals surface area contributed by atoms with Gasteiger partial charge in [-0.3, -0.25) is 9.69 Å². The van der Waals surface area contributed by atoms with Gasteiger partial charge in [0.1, 0.15) is 6.61 Å². The Morgan fingerprint density at radius 3 is 2.03 bits per heavy atom. The number of carbonyl (C=O) groups is 1. The molecule has 1 heterocycles. The lowest BCUT2D eigenvalue weighted by atomic mass is 9.89. The number of anilines is 1. The predicted molar refractivity (Wildman–Crippen MR) is 126 cm³/mol. The molecule has 8 nitrogen and oxygen atoms in total. The highest BCUT2D eigenvalue weighted by atomic mass is 16.5. The van der Waals surface area contributed by atoms with Crippen LogP contribution in [0.5, 0.6) is 28.7 Å². The fraction of sp³-hybridized carbons (Fsp3) is 0.269. The Morgan fingerprint density at radius 1 is 0.794 bits per heavy atom. The molecule has 0 radical (unpaired) electrons. The maximum atomic E-state index is 12.7. The van der Waals surface area contributed by atoms with Crippen LogP contribution in [0.1, 0.15) is 17.2 Å².